The summed E-state index contributed by atoms with van der Waals surface area (Å²) >= 11 is 3.08. The van der Waals surface area contributed by atoms with Crippen molar-refractivity contribution in [3.63, 3.8) is 0 Å². The fraction of sp³-hybridized carbons (Fsp3) is 0.200. The number of halogens is 5. The molecule has 0 saturated heterocycles. The molecule has 0 spiro atoms. The minimum Gasteiger partial charge on any atom is -0.377 e. The van der Waals surface area contributed by atoms with E-state index < -0.39 is 41.0 Å². The van der Waals surface area contributed by atoms with Crippen LogP contribution in [-0.4, -0.2) is 28.0 Å². The van der Waals surface area contributed by atoms with E-state index in [-0.39, 0.29) is 0 Å². The summed E-state index contributed by atoms with van der Waals surface area (Å²) in [6, 6.07) is 4.31. The average Bonchev–Trinajstić information content (AvgIpc) is 3.07. The molecule has 26 heavy (non-hydrogen) atoms. The van der Waals surface area contributed by atoms with E-state index in [9.17, 15) is 13.9 Å². The van der Waals surface area contributed by atoms with E-state index in [2.05, 4.69) is 37.1 Å². The van der Waals surface area contributed by atoms with Gasteiger partial charge in [-0.1, -0.05) is 0 Å². The standard InChI is InChI=1S/C15H12BrF4N5O/c16-9-1-4-13(21-6-9)15(19,20)14(26,7-25-8-22-23-24-25)11-3-2-10(17)5-12(11)18/h1-6,8,23-24,26H,7H2/t14-/m1/s1. The second-order valence-corrected chi connectivity index (χ2v) is 6.43. The highest BCUT2D eigenvalue weighted by molar-refractivity contribution is 9.10. The normalized spacial score (nSPS) is 16.5. The number of pyridine rings is 1. The minimum atomic E-state index is -4.02. The molecule has 2 aromatic rings. The van der Waals surface area contributed by atoms with E-state index in [1.54, 1.807) is 0 Å². The smallest absolute Gasteiger partial charge is 0.323 e. The van der Waals surface area contributed by atoms with Crippen molar-refractivity contribution < 1.29 is 22.7 Å². The molecule has 3 rings (SSSR count). The molecule has 0 radical (unpaired) electrons. The Morgan fingerprint density at radius 2 is 1.96 bits per heavy atom. The lowest BCUT2D eigenvalue weighted by molar-refractivity contribution is -0.206. The van der Waals surface area contributed by atoms with Crippen LogP contribution in [0.15, 0.2) is 46.1 Å². The summed E-state index contributed by atoms with van der Waals surface area (Å²) in [5.41, 5.74) is 0.0216. The highest BCUT2D eigenvalue weighted by Gasteiger charge is 2.58. The van der Waals surface area contributed by atoms with Gasteiger partial charge in [0.25, 0.3) is 0 Å². The van der Waals surface area contributed by atoms with Gasteiger partial charge in [-0.3, -0.25) is 9.99 Å². The number of nitrogens with one attached hydrogen (secondary N) is 2. The molecule has 2 heterocycles. The fourth-order valence-electron chi connectivity index (χ4n) is 2.50. The zero-order chi connectivity index (χ0) is 18.9. The third-order valence-corrected chi connectivity index (χ3v) is 4.27. The zero-order valence-corrected chi connectivity index (χ0v) is 14.5. The largest absolute Gasteiger partial charge is 0.377 e. The van der Waals surface area contributed by atoms with Crippen LogP contribution in [0.2, 0.25) is 0 Å². The monoisotopic (exact) mass is 433 g/mol. The summed E-state index contributed by atoms with van der Waals surface area (Å²) < 4.78 is 58.5. The third-order valence-electron chi connectivity index (χ3n) is 3.80. The van der Waals surface area contributed by atoms with E-state index in [1.807, 2.05) is 0 Å². The predicted molar refractivity (Wildman–Crippen MR) is 87.6 cm³/mol. The summed E-state index contributed by atoms with van der Waals surface area (Å²) in [5.74, 6) is -6.29. The Balaban J connectivity index is 2.12. The van der Waals surface area contributed by atoms with E-state index >= 15 is 8.78 Å². The van der Waals surface area contributed by atoms with E-state index in [4.69, 9.17) is 0 Å². The van der Waals surface area contributed by atoms with Crippen LogP contribution in [0.5, 0.6) is 0 Å². The van der Waals surface area contributed by atoms with Crippen molar-refractivity contribution in [3.8, 4) is 0 Å². The van der Waals surface area contributed by atoms with Gasteiger partial charge in [-0.15, -0.1) is 5.53 Å². The van der Waals surface area contributed by atoms with E-state index in [0.717, 1.165) is 35.7 Å². The number of hydrazone groups is 1. The van der Waals surface area contributed by atoms with Crippen molar-refractivity contribution in [3.05, 3.63) is 63.9 Å². The number of aromatic nitrogens is 1. The van der Waals surface area contributed by atoms with Gasteiger partial charge in [0.15, 0.2) is 5.60 Å². The van der Waals surface area contributed by atoms with Gasteiger partial charge >= 0.3 is 5.92 Å². The van der Waals surface area contributed by atoms with Gasteiger partial charge in [0.05, 0.1) is 6.54 Å². The van der Waals surface area contributed by atoms with Crippen LogP contribution >= 0.6 is 15.9 Å². The lowest BCUT2D eigenvalue weighted by Gasteiger charge is -2.38. The molecule has 1 aromatic heterocycles. The summed E-state index contributed by atoms with van der Waals surface area (Å²) in [4.78, 5) is 3.62. The molecule has 0 bridgehead atoms. The SMILES string of the molecule is O[C@](CN1C=NNN1)(c1ccc(F)cc1F)C(F)(F)c1ccc(Br)cn1. The topological polar surface area (TPSA) is 72.8 Å². The number of hydrazine groups is 2. The Kier molecular flexibility index (Phi) is 4.86. The summed E-state index contributed by atoms with van der Waals surface area (Å²) in [6.45, 7) is -0.809. The molecule has 0 saturated carbocycles. The first kappa shape index (κ1) is 18.5. The van der Waals surface area contributed by atoms with Gasteiger partial charge in [0, 0.05) is 22.3 Å². The molecule has 6 nitrogen and oxygen atoms in total. The number of hydrogen-bond acceptors (Lipinski definition) is 6. The maximum Gasteiger partial charge on any atom is 0.323 e. The first-order chi connectivity index (χ1) is 12.2. The molecule has 1 aliphatic rings. The van der Waals surface area contributed by atoms with E-state index in [0.29, 0.717) is 10.5 Å². The van der Waals surface area contributed by atoms with Crippen molar-refractivity contribution in [2.45, 2.75) is 11.5 Å². The maximum absolute atomic E-state index is 15.2. The van der Waals surface area contributed by atoms with Crippen molar-refractivity contribution in [1.82, 2.24) is 21.1 Å². The first-order valence-electron chi connectivity index (χ1n) is 7.22. The van der Waals surface area contributed by atoms with Crippen LogP contribution in [-0.2, 0) is 11.5 Å². The third kappa shape index (κ3) is 3.24. The molecule has 138 valence electrons. The molecular formula is C15H12BrF4N5O. The number of hydrogen-bond donors (Lipinski definition) is 3. The quantitative estimate of drug-likeness (QED) is 0.631. The Morgan fingerprint density at radius 3 is 2.54 bits per heavy atom. The maximum atomic E-state index is 15.2. The zero-order valence-electron chi connectivity index (χ0n) is 12.9. The number of alkyl halides is 2. The van der Waals surface area contributed by atoms with Crippen LogP contribution < -0.4 is 11.1 Å². The molecular weight excluding hydrogens is 422 g/mol. The van der Waals surface area contributed by atoms with Gasteiger partial charge < -0.3 is 5.11 Å². The lowest BCUT2D eigenvalue weighted by atomic mass is 9.84. The van der Waals surface area contributed by atoms with Gasteiger partial charge in [-0.25, -0.2) is 14.3 Å². The van der Waals surface area contributed by atoms with Crippen molar-refractivity contribution in [2.75, 3.05) is 6.54 Å². The van der Waals surface area contributed by atoms with Crippen molar-refractivity contribution >= 4 is 22.3 Å². The molecule has 3 N–H and O–H groups in total. The number of benzene rings is 1. The predicted octanol–water partition coefficient (Wildman–Crippen LogP) is 2.37. The number of nitrogens with zero attached hydrogens (tertiary/aromatic N) is 3. The highest BCUT2D eigenvalue weighted by atomic mass is 79.9. The summed E-state index contributed by atoms with van der Waals surface area (Å²) in [7, 11) is 0. The molecule has 0 amide bonds. The molecule has 0 fully saturated rings. The molecule has 1 aromatic carbocycles. The second-order valence-electron chi connectivity index (χ2n) is 5.52. The molecule has 11 heteroatoms. The fourth-order valence-corrected chi connectivity index (χ4v) is 2.73. The Bertz CT molecular complexity index is 835. The van der Waals surface area contributed by atoms with Gasteiger partial charge in [0.2, 0.25) is 0 Å². The molecule has 1 atom stereocenters. The van der Waals surface area contributed by atoms with E-state index in [1.165, 1.54) is 6.07 Å². The number of rotatable bonds is 5. The van der Waals surface area contributed by atoms with Gasteiger partial charge in [-0.05, 0) is 40.2 Å². The highest BCUT2D eigenvalue weighted by Crippen LogP contribution is 2.46. The average molecular weight is 434 g/mol. The van der Waals surface area contributed by atoms with Crippen LogP contribution in [0.4, 0.5) is 17.6 Å². The van der Waals surface area contributed by atoms with Crippen molar-refractivity contribution in [1.29, 1.82) is 0 Å². The number of aliphatic hydroxyl groups is 1. The first-order valence-corrected chi connectivity index (χ1v) is 8.01. The molecule has 0 unspecified atom stereocenters. The minimum absolute atomic E-state index is 0.426. The number of β-amino-alcohol motifs (C(OH)–C–C–N with tert-alkyl or cyclic N) is 1. The van der Waals surface area contributed by atoms with Gasteiger partial charge in [0.1, 0.15) is 23.7 Å². The van der Waals surface area contributed by atoms with Crippen LogP contribution in [0.1, 0.15) is 11.3 Å². The lowest BCUT2D eigenvalue weighted by Crippen LogP contribution is -2.54. The Labute approximate surface area is 153 Å². The van der Waals surface area contributed by atoms with Gasteiger partial charge in [-0.2, -0.15) is 13.9 Å². The second kappa shape index (κ2) is 6.82. The van der Waals surface area contributed by atoms with Crippen molar-refractivity contribution in [2.24, 2.45) is 5.10 Å². The Morgan fingerprint density at radius 1 is 1.19 bits per heavy atom. The summed E-state index contributed by atoms with van der Waals surface area (Å²) in [5, 5.41) is 15.5. The van der Waals surface area contributed by atoms with Crippen LogP contribution in [0.25, 0.3) is 0 Å². The van der Waals surface area contributed by atoms with Crippen LogP contribution in [0, 0.1) is 11.6 Å². The van der Waals surface area contributed by atoms with Crippen LogP contribution in [0.3, 0.4) is 0 Å². The Hall–Kier alpha value is -2.24. The molecule has 1 aliphatic heterocycles. The summed E-state index contributed by atoms with van der Waals surface area (Å²) in [6.07, 6.45) is 2.22. The molecule has 0 aliphatic carbocycles.